The predicted octanol–water partition coefficient (Wildman–Crippen LogP) is 0.581. The highest BCUT2D eigenvalue weighted by Crippen LogP contribution is 2.18. The van der Waals surface area contributed by atoms with Gasteiger partial charge >= 0.3 is 0 Å². The molecule has 1 amide bonds. The van der Waals surface area contributed by atoms with Gasteiger partial charge in [-0.25, -0.2) is 13.6 Å². The Morgan fingerprint density at radius 1 is 1.37 bits per heavy atom. The van der Waals surface area contributed by atoms with Gasteiger partial charge in [-0.3, -0.25) is 4.79 Å². The highest BCUT2D eigenvalue weighted by atomic mass is 32.2. The highest BCUT2D eigenvalue weighted by Gasteiger charge is 2.12. The van der Waals surface area contributed by atoms with E-state index in [1.807, 2.05) is 6.92 Å². The van der Waals surface area contributed by atoms with Gasteiger partial charge in [-0.1, -0.05) is 13.0 Å². The Morgan fingerprint density at radius 2 is 2.05 bits per heavy atom. The second kappa shape index (κ2) is 6.65. The number of hydrogen-bond donors (Lipinski definition) is 3. The van der Waals surface area contributed by atoms with Crippen LogP contribution in [0.2, 0.25) is 0 Å². The third kappa shape index (κ3) is 4.98. The Bertz CT molecular complexity index is 555. The first-order valence-corrected chi connectivity index (χ1v) is 7.53. The normalized spacial score (nSPS) is 11.3. The van der Waals surface area contributed by atoms with Crippen LogP contribution in [0.3, 0.4) is 0 Å². The van der Waals surface area contributed by atoms with Crippen molar-refractivity contribution in [2.24, 2.45) is 5.14 Å². The molecule has 0 saturated carbocycles. The Labute approximate surface area is 113 Å². The number of sulfonamides is 1. The van der Waals surface area contributed by atoms with Crippen LogP contribution >= 0.6 is 0 Å². The van der Waals surface area contributed by atoms with Crippen molar-refractivity contribution in [2.45, 2.75) is 25.2 Å². The smallest absolute Gasteiger partial charge is 0.238 e. The van der Waals surface area contributed by atoms with Gasteiger partial charge in [-0.2, -0.15) is 0 Å². The fraction of sp³-hybridized carbons (Fsp3) is 0.417. The number of aryl methyl sites for hydroxylation is 1. The molecule has 0 aromatic heterocycles. The van der Waals surface area contributed by atoms with Crippen LogP contribution < -0.4 is 15.8 Å². The van der Waals surface area contributed by atoms with Gasteiger partial charge in [0.1, 0.15) is 0 Å². The summed E-state index contributed by atoms with van der Waals surface area (Å²) in [7, 11) is -3.78. The third-order valence-corrected chi connectivity index (χ3v) is 3.61. The third-order valence-electron chi connectivity index (χ3n) is 2.56. The van der Waals surface area contributed by atoms with Crippen molar-refractivity contribution < 1.29 is 13.2 Å². The fourth-order valence-electron chi connectivity index (χ4n) is 1.59. The molecule has 4 N–H and O–H groups in total. The minimum Gasteiger partial charge on any atom is -0.326 e. The number of amides is 1. The van der Waals surface area contributed by atoms with Gasteiger partial charge < -0.3 is 10.6 Å². The van der Waals surface area contributed by atoms with Gasteiger partial charge in [0.2, 0.25) is 15.9 Å². The average molecular weight is 285 g/mol. The van der Waals surface area contributed by atoms with Gasteiger partial charge in [-0.05, 0) is 31.2 Å². The number of carbonyl (C=O) groups is 1. The molecule has 1 aromatic rings. The first-order valence-electron chi connectivity index (χ1n) is 5.98. The highest BCUT2D eigenvalue weighted by molar-refractivity contribution is 7.89. The monoisotopic (exact) mass is 285 g/mol. The maximum atomic E-state index is 11.6. The van der Waals surface area contributed by atoms with E-state index in [0.29, 0.717) is 24.2 Å². The fourth-order valence-corrected chi connectivity index (χ4v) is 2.39. The zero-order valence-electron chi connectivity index (χ0n) is 11.1. The first-order chi connectivity index (χ1) is 8.84. The molecule has 0 fully saturated rings. The molecule has 1 rings (SSSR count). The maximum absolute atomic E-state index is 11.6. The van der Waals surface area contributed by atoms with Crippen molar-refractivity contribution in [3.05, 3.63) is 23.8 Å². The lowest BCUT2D eigenvalue weighted by Gasteiger charge is -2.09. The Balaban J connectivity index is 2.78. The van der Waals surface area contributed by atoms with E-state index in [-0.39, 0.29) is 10.8 Å². The van der Waals surface area contributed by atoms with E-state index in [1.54, 1.807) is 19.1 Å². The number of primary sulfonamides is 1. The van der Waals surface area contributed by atoms with Gasteiger partial charge in [0, 0.05) is 18.7 Å². The molecule has 0 aliphatic heterocycles. The molecular weight excluding hydrogens is 266 g/mol. The zero-order chi connectivity index (χ0) is 14.5. The quantitative estimate of drug-likeness (QED) is 0.665. The summed E-state index contributed by atoms with van der Waals surface area (Å²) in [5.41, 5.74) is 0.976. The summed E-state index contributed by atoms with van der Waals surface area (Å²) in [5, 5.41) is 10.8. The van der Waals surface area contributed by atoms with Crippen molar-refractivity contribution >= 4 is 21.6 Å². The number of nitrogens with one attached hydrogen (secondary N) is 2. The summed E-state index contributed by atoms with van der Waals surface area (Å²) < 4.78 is 22.7. The van der Waals surface area contributed by atoms with E-state index >= 15 is 0 Å². The molecule has 19 heavy (non-hydrogen) atoms. The number of anilines is 1. The van der Waals surface area contributed by atoms with Gasteiger partial charge in [0.15, 0.2) is 0 Å². The average Bonchev–Trinajstić information content (AvgIpc) is 2.30. The van der Waals surface area contributed by atoms with Crippen LogP contribution in [0, 0.1) is 6.92 Å². The summed E-state index contributed by atoms with van der Waals surface area (Å²) >= 11 is 0. The molecule has 0 saturated heterocycles. The Hall–Kier alpha value is -1.44. The molecule has 0 aliphatic carbocycles. The van der Waals surface area contributed by atoms with Crippen molar-refractivity contribution in [2.75, 3.05) is 18.4 Å². The van der Waals surface area contributed by atoms with Crippen LogP contribution in [0.1, 0.15) is 18.9 Å². The largest absolute Gasteiger partial charge is 0.326 e. The molecule has 6 nitrogen and oxygen atoms in total. The molecule has 0 heterocycles. The van der Waals surface area contributed by atoms with Crippen molar-refractivity contribution in [3.8, 4) is 0 Å². The summed E-state index contributed by atoms with van der Waals surface area (Å²) in [6.45, 7) is 4.98. The minimum absolute atomic E-state index is 0.0250. The number of carbonyl (C=O) groups excluding carboxylic acids is 1. The van der Waals surface area contributed by atoms with Gasteiger partial charge in [0.25, 0.3) is 0 Å². The van der Waals surface area contributed by atoms with Crippen LogP contribution in [-0.4, -0.2) is 27.4 Å². The van der Waals surface area contributed by atoms with Crippen molar-refractivity contribution in [3.63, 3.8) is 0 Å². The van der Waals surface area contributed by atoms with Crippen LogP contribution in [-0.2, 0) is 14.8 Å². The summed E-state index contributed by atoms with van der Waals surface area (Å²) in [6.07, 6.45) is 0.326. The number of benzene rings is 1. The molecule has 0 unspecified atom stereocenters. The van der Waals surface area contributed by atoms with E-state index in [0.717, 1.165) is 6.54 Å². The zero-order valence-corrected chi connectivity index (χ0v) is 11.9. The van der Waals surface area contributed by atoms with E-state index in [9.17, 15) is 13.2 Å². The first kappa shape index (κ1) is 15.6. The summed E-state index contributed by atoms with van der Waals surface area (Å²) in [4.78, 5) is 11.6. The topological polar surface area (TPSA) is 101 Å². The summed E-state index contributed by atoms with van der Waals surface area (Å²) in [6, 6.07) is 4.63. The SMILES string of the molecule is CCNCCC(=O)Nc1ccc(C)c(S(N)(=O)=O)c1. The molecule has 0 radical (unpaired) electrons. The molecule has 0 bridgehead atoms. The molecule has 7 heteroatoms. The Kier molecular flexibility index (Phi) is 5.46. The van der Waals surface area contributed by atoms with Crippen LogP contribution in [0.25, 0.3) is 0 Å². The van der Waals surface area contributed by atoms with Crippen LogP contribution in [0.4, 0.5) is 5.69 Å². The second-order valence-corrected chi connectivity index (χ2v) is 5.71. The van der Waals surface area contributed by atoms with Crippen LogP contribution in [0.15, 0.2) is 23.1 Å². The van der Waals surface area contributed by atoms with E-state index in [2.05, 4.69) is 10.6 Å². The number of rotatable bonds is 6. The minimum atomic E-state index is -3.78. The van der Waals surface area contributed by atoms with Gasteiger partial charge in [0.05, 0.1) is 4.90 Å². The standard InChI is InChI=1S/C12H19N3O3S/c1-3-14-7-6-12(16)15-10-5-4-9(2)11(8-10)19(13,17)18/h4-5,8,14H,3,6-7H2,1-2H3,(H,15,16)(H2,13,17,18). The van der Waals surface area contributed by atoms with Crippen molar-refractivity contribution in [1.29, 1.82) is 0 Å². The molecule has 0 aliphatic rings. The molecule has 106 valence electrons. The molecular formula is C12H19N3O3S. The van der Waals surface area contributed by atoms with Crippen molar-refractivity contribution in [1.82, 2.24) is 5.32 Å². The molecule has 0 spiro atoms. The lowest BCUT2D eigenvalue weighted by Crippen LogP contribution is -2.21. The lowest BCUT2D eigenvalue weighted by molar-refractivity contribution is -0.116. The predicted molar refractivity (Wildman–Crippen MR) is 74.3 cm³/mol. The lowest BCUT2D eigenvalue weighted by atomic mass is 10.2. The molecule has 1 aromatic carbocycles. The number of nitrogens with two attached hydrogens (primary N) is 1. The number of hydrogen-bond acceptors (Lipinski definition) is 4. The Morgan fingerprint density at radius 3 is 2.63 bits per heavy atom. The van der Waals surface area contributed by atoms with Crippen LogP contribution in [0.5, 0.6) is 0 Å². The van der Waals surface area contributed by atoms with E-state index in [1.165, 1.54) is 6.07 Å². The van der Waals surface area contributed by atoms with Gasteiger partial charge in [-0.15, -0.1) is 0 Å². The molecule has 0 atom stereocenters. The maximum Gasteiger partial charge on any atom is 0.238 e. The van der Waals surface area contributed by atoms with E-state index < -0.39 is 10.0 Å². The summed E-state index contributed by atoms with van der Waals surface area (Å²) in [5.74, 6) is -0.176. The van der Waals surface area contributed by atoms with E-state index in [4.69, 9.17) is 5.14 Å². The second-order valence-electron chi connectivity index (χ2n) is 4.18.